The van der Waals surface area contributed by atoms with Crippen molar-refractivity contribution in [1.82, 2.24) is 9.88 Å². The number of piperazine rings is 1. The van der Waals surface area contributed by atoms with Crippen LogP contribution in [0.3, 0.4) is 0 Å². The van der Waals surface area contributed by atoms with Gasteiger partial charge < -0.3 is 9.64 Å². The van der Waals surface area contributed by atoms with Gasteiger partial charge in [-0.3, -0.25) is 4.90 Å². The molecule has 0 spiro atoms. The molecular weight excluding hydrogens is 374 g/mol. The molecule has 4 rings (SSSR count). The van der Waals surface area contributed by atoms with Gasteiger partial charge in [0.2, 0.25) is 0 Å². The van der Waals surface area contributed by atoms with Crippen LogP contribution < -0.4 is 4.90 Å². The first kappa shape index (κ1) is 20.1. The fourth-order valence-electron chi connectivity index (χ4n) is 3.88. The molecule has 0 amide bonds. The van der Waals surface area contributed by atoms with E-state index in [0.717, 1.165) is 55.2 Å². The van der Waals surface area contributed by atoms with Crippen molar-refractivity contribution < 1.29 is 9.53 Å². The van der Waals surface area contributed by atoms with Crippen LogP contribution in [0.1, 0.15) is 22.8 Å². The smallest absolute Gasteiger partial charge is 0.338 e. The van der Waals surface area contributed by atoms with Crippen molar-refractivity contribution in [2.45, 2.75) is 13.5 Å². The summed E-state index contributed by atoms with van der Waals surface area (Å²) in [4.78, 5) is 21.5. The molecule has 1 aliphatic heterocycles. The highest BCUT2D eigenvalue weighted by atomic mass is 16.5. The molecule has 0 atom stereocenters. The fraction of sp³-hybridized carbons (Fsp3) is 0.280. The molecule has 5 nitrogen and oxygen atoms in total. The second kappa shape index (κ2) is 9.55. The first-order valence-electron chi connectivity index (χ1n) is 10.5. The van der Waals surface area contributed by atoms with E-state index in [1.165, 1.54) is 0 Å². The Balaban J connectivity index is 1.53. The molecule has 1 aromatic heterocycles. The highest BCUT2D eigenvalue weighted by Gasteiger charge is 2.20. The van der Waals surface area contributed by atoms with E-state index in [1.54, 1.807) is 0 Å². The third-order valence-corrected chi connectivity index (χ3v) is 5.44. The SMILES string of the molecule is CCOC(=O)c1ccc(-c2ccccc2)c(CN2CCN(c3ccccn3)CC2)c1. The van der Waals surface area contributed by atoms with Crippen LogP contribution in [0.2, 0.25) is 0 Å². The Morgan fingerprint density at radius 2 is 1.73 bits per heavy atom. The molecule has 0 radical (unpaired) electrons. The van der Waals surface area contributed by atoms with Crippen molar-refractivity contribution in [3.63, 3.8) is 0 Å². The maximum atomic E-state index is 12.3. The second-order valence-corrected chi connectivity index (χ2v) is 7.41. The molecule has 0 unspecified atom stereocenters. The van der Waals surface area contributed by atoms with Gasteiger partial charge in [-0.05, 0) is 47.9 Å². The zero-order valence-electron chi connectivity index (χ0n) is 17.3. The van der Waals surface area contributed by atoms with Crippen LogP contribution in [0, 0.1) is 0 Å². The number of anilines is 1. The van der Waals surface area contributed by atoms with Gasteiger partial charge in [0.1, 0.15) is 5.82 Å². The van der Waals surface area contributed by atoms with Crippen molar-refractivity contribution in [3.05, 3.63) is 84.1 Å². The molecule has 5 heteroatoms. The minimum atomic E-state index is -0.265. The predicted molar refractivity (Wildman–Crippen MR) is 120 cm³/mol. The minimum absolute atomic E-state index is 0.265. The number of carbonyl (C=O) groups is 1. The van der Waals surface area contributed by atoms with E-state index in [1.807, 2.05) is 61.7 Å². The van der Waals surface area contributed by atoms with Gasteiger partial charge in [0.05, 0.1) is 12.2 Å². The molecule has 0 N–H and O–H groups in total. The van der Waals surface area contributed by atoms with Gasteiger partial charge in [0.25, 0.3) is 0 Å². The van der Waals surface area contributed by atoms with Crippen LogP contribution in [0.5, 0.6) is 0 Å². The molecule has 1 aliphatic rings. The van der Waals surface area contributed by atoms with Crippen LogP contribution in [0.25, 0.3) is 11.1 Å². The van der Waals surface area contributed by atoms with Crippen molar-refractivity contribution in [3.8, 4) is 11.1 Å². The molecule has 0 aliphatic carbocycles. The number of ether oxygens (including phenoxy) is 1. The molecular formula is C25H27N3O2. The first-order chi connectivity index (χ1) is 14.7. The van der Waals surface area contributed by atoms with Gasteiger partial charge in [-0.25, -0.2) is 9.78 Å². The molecule has 3 aromatic rings. The second-order valence-electron chi connectivity index (χ2n) is 7.41. The van der Waals surface area contributed by atoms with Crippen molar-refractivity contribution >= 4 is 11.8 Å². The Morgan fingerprint density at radius 1 is 0.967 bits per heavy atom. The topological polar surface area (TPSA) is 45.7 Å². The monoisotopic (exact) mass is 401 g/mol. The Bertz CT molecular complexity index is 968. The lowest BCUT2D eigenvalue weighted by Crippen LogP contribution is -2.46. The zero-order chi connectivity index (χ0) is 20.8. The van der Waals surface area contributed by atoms with Crippen molar-refractivity contribution in [1.29, 1.82) is 0 Å². The third-order valence-electron chi connectivity index (χ3n) is 5.44. The molecule has 0 bridgehead atoms. The van der Waals surface area contributed by atoms with E-state index in [-0.39, 0.29) is 5.97 Å². The molecule has 154 valence electrons. The zero-order valence-corrected chi connectivity index (χ0v) is 17.3. The predicted octanol–water partition coefficient (Wildman–Crippen LogP) is 4.25. The van der Waals surface area contributed by atoms with Crippen molar-refractivity contribution in [2.24, 2.45) is 0 Å². The summed E-state index contributed by atoms with van der Waals surface area (Å²) in [7, 11) is 0. The van der Waals surface area contributed by atoms with E-state index in [2.05, 4.69) is 33.0 Å². The molecule has 0 saturated carbocycles. The van der Waals surface area contributed by atoms with Gasteiger partial charge in [0, 0.05) is 38.9 Å². The lowest BCUT2D eigenvalue weighted by atomic mass is 9.97. The number of benzene rings is 2. The molecule has 30 heavy (non-hydrogen) atoms. The summed E-state index contributed by atoms with van der Waals surface area (Å²) in [5.41, 5.74) is 4.09. The summed E-state index contributed by atoms with van der Waals surface area (Å²) in [5, 5.41) is 0. The van der Waals surface area contributed by atoms with E-state index in [0.29, 0.717) is 12.2 Å². The quantitative estimate of drug-likeness (QED) is 0.578. The Kier molecular flexibility index (Phi) is 6.40. The standard InChI is InChI=1S/C25H27N3O2/c1-2-30-25(29)21-11-12-23(20-8-4-3-5-9-20)22(18-21)19-27-14-16-28(17-15-27)24-10-6-7-13-26-24/h3-13,18H,2,14-17,19H2,1H3. The number of carbonyl (C=O) groups excluding carboxylic acids is 1. The van der Waals surface area contributed by atoms with Crippen LogP contribution in [0.15, 0.2) is 72.9 Å². The van der Waals surface area contributed by atoms with Gasteiger partial charge in [-0.2, -0.15) is 0 Å². The number of rotatable bonds is 6. The maximum Gasteiger partial charge on any atom is 0.338 e. The van der Waals surface area contributed by atoms with Crippen LogP contribution in [-0.2, 0) is 11.3 Å². The van der Waals surface area contributed by atoms with Crippen LogP contribution >= 0.6 is 0 Å². The van der Waals surface area contributed by atoms with E-state index in [4.69, 9.17) is 4.74 Å². The van der Waals surface area contributed by atoms with E-state index >= 15 is 0 Å². The number of hydrogen-bond donors (Lipinski definition) is 0. The molecule has 1 saturated heterocycles. The number of aromatic nitrogens is 1. The number of hydrogen-bond acceptors (Lipinski definition) is 5. The van der Waals surface area contributed by atoms with Gasteiger partial charge in [-0.15, -0.1) is 0 Å². The lowest BCUT2D eigenvalue weighted by Gasteiger charge is -2.35. The average Bonchev–Trinajstić information content (AvgIpc) is 2.81. The van der Waals surface area contributed by atoms with Gasteiger partial charge >= 0.3 is 5.97 Å². The summed E-state index contributed by atoms with van der Waals surface area (Å²) in [5.74, 6) is 0.768. The van der Waals surface area contributed by atoms with Crippen LogP contribution in [0.4, 0.5) is 5.82 Å². The summed E-state index contributed by atoms with van der Waals surface area (Å²) in [6.45, 7) is 6.79. The van der Waals surface area contributed by atoms with Gasteiger partial charge in [-0.1, -0.05) is 42.5 Å². The van der Waals surface area contributed by atoms with E-state index in [9.17, 15) is 4.79 Å². The van der Waals surface area contributed by atoms with Gasteiger partial charge in [0.15, 0.2) is 0 Å². The maximum absolute atomic E-state index is 12.3. The third kappa shape index (κ3) is 4.69. The highest BCUT2D eigenvalue weighted by Crippen LogP contribution is 2.27. The van der Waals surface area contributed by atoms with Crippen LogP contribution in [-0.4, -0.2) is 48.6 Å². The summed E-state index contributed by atoms with van der Waals surface area (Å²) in [6.07, 6.45) is 1.84. The molecule has 2 aromatic carbocycles. The number of pyridine rings is 1. The highest BCUT2D eigenvalue weighted by molar-refractivity contribution is 5.90. The Hall–Kier alpha value is -3.18. The molecule has 1 fully saturated rings. The summed E-state index contributed by atoms with van der Waals surface area (Å²) < 4.78 is 5.22. The summed E-state index contributed by atoms with van der Waals surface area (Å²) in [6, 6.07) is 22.3. The van der Waals surface area contributed by atoms with Crippen molar-refractivity contribution in [2.75, 3.05) is 37.7 Å². The fourth-order valence-corrected chi connectivity index (χ4v) is 3.88. The minimum Gasteiger partial charge on any atom is -0.462 e. The largest absolute Gasteiger partial charge is 0.462 e. The van der Waals surface area contributed by atoms with E-state index < -0.39 is 0 Å². The molecule has 2 heterocycles. The number of nitrogens with zero attached hydrogens (tertiary/aromatic N) is 3. The number of esters is 1. The first-order valence-corrected chi connectivity index (χ1v) is 10.5. The lowest BCUT2D eigenvalue weighted by molar-refractivity contribution is 0.0526. The Morgan fingerprint density at radius 3 is 2.43 bits per heavy atom. The Labute approximate surface area is 177 Å². The summed E-state index contributed by atoms with van der Waals surface area (Å²) >= 11 is 0. The average molecular weight is 402 g/mol. The normalized spacial score (nSPS) is 14.5.